The van der Waals surface area contributed by atoms with Gasteiger partial charge in [0.05, 0.1) is 4.90 Å². The quantitative estimate of drug-likeness (QED) is 0.811. The van der Waals surface area contributed by atoms with Gasteiger partial charge in [0.1, 0.15) is 17.0 Å². The molecule has 0 aromatic heterocycles. The molecule has 8 heteroatoms. The van der Waals surface area contributed by atoms with Crippen LogP contribution in [0.3, 0.4) is 0 Å². The highest BCUT2D eigenvalue weighted by atomic mass is 32.2. The Morgan fingerprint density at radius 1 is 1.04 bits per heavy atom. The molecule has 3 rings (SSSR count). The Labute approximate surface area is 158 Å². The van der Waals surface area contributed by atoms with Crippen molar-refractivity contribution in [2.45, 2.75) is 23.3 Å². The van der Waals surface area contributed by atoms with E-state index >= 15 is 0 Å². The molecule has 7 nitrogen and oxygen atoms in total. The number of hydrogen-bond donors (Lipinski definition) is 2. The molecule has 2 aromatic carbocycles. The number of rotatable bonds is 5. The molecule has 1 aliphatic rings. The maximum atomic E-state index is 12.4. The van der Waals surface area contributed by atoms with Gasteiger partial charge in [-0.15, -0.1) is 0 Å². The minimum atomic E-state index is -3.24. The lowest BCUT2D eigenvalue weighted by atomic mass is 9.90. The average molecular weight is 390 g/mol. The summed E-state index contributed by atoms with van der Waals surface area (Å²) in [4.78, 5) is 12.6. The van der Waals surface area contributed by atoms with Crippen LogP contribution in [0.4, 0.5) is 5.69 Å². The molecule has 1 fully saturated rings. The summed E-state index contributed by atoms with van der Waals surface area (Å²) >= 11 is 0. The number of carbonyl (C=O) groups excluding carboxylic acids is 1. The van der Waals surface area contributed by atoms with Gasteiger partial charge in [-0.3, -0.25) is 4.79 Å². The minimum absolute atomic E-state index is 0.226. The monoisotopic (exact) mass is 390 g/mol. The van der Waals surface area contributed by atoms with Crippen LogP contribution < -0.4 is 15.8 Å². The molecule has 1 heterocycles. The molecule has 0 atom stereocenters. The van der Waals surface area contributed by atoms with E-state index < -0.39 is 15.4 Å². The lowest BCUT2D eigenvalue weighted by molar-refractivity contribution is -0.124. The predicted molar refractivity (Wildman–Crippen MR) is 102 cm³/mol. The number of benzene rings is 2. The van der Waals surface area contributed by atoms with Crippen molar-refractivity contribution in [3.05, 3.63) is 48.5 Å². The fraction of sp³-hybridized carbons (Fsp3) is 0.316. The highest BCUT2D eigenvalue weighted by Crippen LogP contribution is 2.25. The second kappa shape index (κ2) is 7.67. The smallest absolute Gasteiger partial charge is 0.244 e. The van der Waals surface area contributed by atoms with Crippen molar-refractivity contribution in [2.24, 2.45) is 5.73 Å². The van der Waals surface area contributed by atoms with Crippen LogP contribution in [-0.2, 0) is 19.4 Å². The van der Waals surface area contributed by atoms with Gasteiger partial charge >= 0.3 is 0 Å². The van der Waals surface area contributed by atoms with Gasteiger partial charge in [0.2, 0.25) is 5.91 Å². The normalized spacial score (nSPS) is 16.5. The molecule has 1 amide bonds. The number of carbonyl (C=O) groups is 1. The van der Waals surface area contributed by atoms with Crippen LogP contribution in [0.25, 0.3) is 0 Å². The maximum Gasteiger partial charge on any atom is 0.244 e. The van der Waals surface area contributed by atoms with E-state index in [-0.39, 0.29) is 10.8 Å². The molecule has 0 aliphatic carbocycles. The third kappa shape index (κ3) is 4.85. The van der Waals surface area contributed by atoms with Gasteiger partial charge in [0.25, 0.3) is 0 Å². The van der Waals surface area contributed by atoms with Crippen molar-refractivity contribution in [2.75, 3.05) is 24.8 Å². The summed E-state index contributed by atoms with van der Waals surface area (Å²) in [5.74, 6) is 0.853. The van der Waals surface area contributed by atoms with Crippen molar-refractivity contribution in [1.29, 1.82) is 0 Å². The average Bonchev–Trinajstić information content (AvgIpc) is 2.64. The van der Waals surface area contributed by atoms with Crippen LogP contribution >= 0.6 is 0 Å². The molecule has 0 spiro atoms. The molecule has 0 unspecified atom stereocenters. The highest BCUT2D eigenvalue weighted by Gasteiger charge is 2.35. The Morgan fingerprint density at radius 2 is 1.56 bits per heavy atom. The first-order valence-electron chi connectivity index (χ1n) is 8.52. The first-order chi connectivity index (χ1) is 12.8. The molecule has 0 bridgehead atoms. The topological polar surface area (TPSA) is 108 Å². The van der Waals surface area contributed by atoms with Gasteiger partial charge < -0.3 is 20.5 Å². The minimum Gasteiger partial charge on any atom is -0.457 e. The van der Waals surface area contributed by atoms with Gasteiger partial charge in [-0.1, -0.05) is 0 Å². The van der Waals surface area contributed by atoms with Gasteiger partial charge in [-0.2, -0.15) is 0 Å². The lowest BCUT2D eigenvalue weighted by Gasteiger charge is -2.31. The third-order valence-corrected chi connectivity index (χ3v) is 5.57. The largest absolute Gasteiger partial charge is 0.457 e. The van der Waals surface area contributed by atoms with Crippen LogP contribution in [0.5, 0.6) is 11.5 Å². The second-order valence-electron chi connectivity index (χ2n) is 6.59. The molecule has 0 saturated carbocycles. The van der Waals surface area contributed by atoms with E-state index in [1.807, 2.05) is 0 Å². The van der Waals surface area contributed by atoms with Gasteiger partial charge in [-0.05, 0) is 61.4 Å². The fourth-order valence-electron chi connectivity index (χ4n) is 2.72. The molecular weight excluding hydrogens is 368 g/mol. The van der Waals surface area contributed by atoms with E-state index in [0.29, 0.717) is 43.2 Å². The summed E-state index contributed by atoms with van der Waals surface area (Å²) in [6.45, 7) is 0.962. The van der Waals surface area contributed by atoms with Crippen molar-refractivity contribution in [3.63, 3.8) is 0 Å². The van der Waals surface area contributed by atoms with E-state index in [1.54, 1.807) is 36.4 Å². The van der Waals surface area contributed by atoms with E-state index in [2.05, 4.69) is 5.32 Å². The molecular formula is C19H22N2O5S. The lowest BCUT2D eigenvalue weighted by Crippen LogP contribution is -2.54. The second-order valence-corrected chi connectivity index (χ2v) is 8.61. The molecule has 144 valence electrons. The third-order valence-electron chi connectivity index (χ3n) is 4.44. The van der Waals surface area contributed by atoms with Gasteiger partial charge in [-0.25, -0.2) is 8.42 Å². The SMILES string of the molecule is CS(=O)(=O)c1ccc(Oc2ccc(NC(=O)C3(N)CCOCC3)cc2)cc1. The number of anilines is 1. The zero-order valence-corrected chi connectivity index (χ0v) is 15.8. The number of nitrogens with one attached hydrogen (secondary N) is 1. The summed E-state index contributed by atoms with van der Waals surface area (Å²) in [5, 5.41) is 2.83. The van der Waals surface area contributed by atoms with E-state index in [9.17, 15) is 13.2 Å². The van der Waals surface area contributed by atoms with Crippen molar-refractivity contribution in [3.8, 4) is 11.5 Å². The number of sulfone groups is 1. The zero-order chi connectivity index (χ0) is 19.5. The van der Waals surface area contributed by atoms with E-state index in [1.165, 1.54) is 12.1 Å². The van der Waals surface area contributed by atoms with E-state index in [4.69, 9.17) is 15.2 Å². The number of hydrogen-bond acceptors (Lipinski definition) is 6. The Kier molecular flexibility index (Phi) is 5.50. The molecule has 0 radical (unpaired) electrons. The van der Waals surface area contributed by atoms with Crippen molar-refractivity contribution < 1.29 is 22.7 Å². The first-order valence-corrected chi connectivity index (χ1v) is 10.4. The predicted octanol–water partition coefficient (Wildman–Crippen LogP) is 2.33. The molecule has 2 aromatic rings. The van der Waals surface area contributed by atoms with Gasteiger partial charge in [0, 0.05) is 25.2 Å². The van der Waals surface area contributed by atoms with Crippen molar-refractivity contribution >= 4 is 21.4 Å². The Bertz CT molecular complexity index is 902. The number of nitrogens with two attached hydrogens (primary N) is 1. The number of ether oxygens (including phenoxy) is 2. The Hall–Kier alpha value is -2.42. The number of amides is 1. The maximum absolute atomic E-state index is 12.4. The van der Waals surface area contributed by atoms with E-state index in [0.717, 1.165) is 6.26 Å². The Morgan fingerprint density at radius 3 is 2.07 bits per heavy atom. The van der Waals surface area contributed by atoms with Crippen LogP contribution in [0, 0.1) is 0 Å². The van der Waals surface area contributed by atoms with Crippen LogP contribution in [0.15, 0.2) is 53.4 Å². The fourth-order valence-corrected chi connectivity index (χ4v) is 3.35. The standard InChI is InChI=1S/C19H22N2O5S/c1-27(23,24)17-8-6-16(7-9-17)26-15-4-2-14(3-5-15)21-18(22)19(20)10-12-25-13-11-19/h2-9H,10-13,20H2,1H3,(H,21,22). The summed E-state index contributed by atoms with van der Waals surface area (Å²) < 4.78 is 33.9. The van der Waals surface area contributed by atoms with Crippen LogP contribution in [0.2, 0.25) is 0 Å². The summed E-state index contributed by atoms with van der Waals surface area (Å²) in [6, 6.07) is 13.1. The Balaban J connectivity index is 1.62. The van der Waals surface area contributed by atoms with Crippen LogP contribution in [0.1, 0.15) is 12.8 Å². The molecule has 1 aliphatic heterocycles. The molecule has 1 saturated heterocycles. The summed E-state index contributed by atoms with van der Waals surface area (Å²) in [5.41, 5.74) is 5.88. The highest BCUT2D eigenvalue weighted by molar-refractivity contribution is 7.90. The summed E-state index contributed by atoms with van der Waals surface area (Å²) in [6.07, 6.45) is 2.13. The van der Waals surface area contributed by atoms with Crippen molar-refractivity contribution in [1.82, 2.24) is 0 Å². The molecule has 3 N–H and O–H groups in total. The van der Waals surface area contributed by atoms with Crippen LogP contribution in [-0.4, -0.2) is 39.3 Å². The van der Waals surface area contributed by atoms with Gasteiger partial charge in [0.15, 0.2) is 9.84 Å². The molecule has 27 heavy (non-hydrogen) atoms. The zero-order valence-electron chi connectivity index (χ0n) is 15.0. The first kappa shape index (κ1) is 19.3. The summed E-state index contributed by atoms with van der Waals surface area (Å²) in [7, 11) is -3.24.